The van der Waals surface area contributed by atoms with Crippen molar-refractivity contribution in [3.05, 3.63) is 0 Å². The summed E-state index contributed by atoms with van der Waals surface area (Å²) >= 11 is -0.425. The number of rotatable bonds is 46. The summed E-state index contributed by atoms with van der Waals surface area (Å²) in [6, 6.07) is 0. The molecule has 0 rings (SSSR count). The fourth-order valence-corrected chi connectivity index (χ4v) is 23.1. The minimum Gasteiger partial charge on any atom is -1.00 e. The van der Waals surface area contributed by atoms with Crippen molar-refractivity contribution in [1.29, 1.82) is 0 Å². The maximum atomic E-state index is 2.41. The van der Waals surface area contributed by atoms with Crippen LogP contribution in [0.5, 0.6) is 0 Å². The van der Waals surface area contributed by atoms with E-state index in [1.165, 1.54) is 184 Å². The number of hydrogen-bond acceptors (Lipinski definition) is 0. The van der Waals surface area contributed by atoms with E-state index in [4.69, 9.17) is 0 Å². The van der Waals surface area contributed by atoms with E-state index < -0.39 is 28.3 Å². The average molecular weight is 990 g/mol. The van der Waals surface area contributed by atoms with Crippen LogP contribution < -0.4 is 0 Å². The molecule has 0 atom stereocenters. The minimum atomic E-state index is -0.410. The molecule has 0 aliphatic rings. The molecule has 0 heterocycles. The van der Waals surface area contributed by atoms with E-state index in [-0.39, 0.29) is 15.6 Å². The molecule has 0 radical (unpaired) electrons. The van der Waals surface area contributed by atoms with E-state index in [2.05, 4.69) is 111 Å². The molecule has 4 heteroatoms. The average Bonchev–Trinajstić information content (AvgIpc) is 3.25. The summed E-state index contributed by atoms with van der Waals surface area (Å²) in [5.74, 6) is 4.68. The molecule has 0 fully saturated rings. The van der Waals surface area contributed by atoms with Crippen LogP contribution in [0.2, 0.25) is 58.1 Å². The van der Waals surface area contributed by atoms with Crippen LogP contribution in [0, 0.1) is 29.6 Å². The van der Waals surface area contributed by atoms with Crippen molar-refractivity contribution in [3.8, 4) is 0 Å². The van der Waals surface area contributed by atoms with E-state index in [0.29, 0.717) is 0 Å². The van der Waals surface area contributed by atoms with Gasteiger partial charge in [-0.15, -0.1) is 0 Å². The summed E-state index contributed by atoms with van der Waals surface area (Å²) in [6.45, 7) is 37.6. The van der Waals surface area contributed by atoms with Crippen LogP contribution in [0.15, 0.2) is 0 Å². The quantitative estimate of drug-likeness (QED) is 0.0421. The van der Waals surface area contributed by atoms with Gasteiger partial charge < -0.3 is 1.43 Å². The zero-order valence-corrected chi connectivity index (χ0v) is 54.8. The third-order valence-corrected chi connectivity index (χ3v) is 28.7. The molecule has 0 bridgehead atoms. The molecular weight excluding hydrogens is 853 g/mol. The minimum absolute atomic E-state index is 0. The van der Waals surface area contributed by atoms with Crippen LogP contribution >= 0.6 is 0 Å². The van der Waals surface area contributed by atoms with Crippen molar-refractivity contribution in [2.45, 2.75) is 362 Å². The van der Waals surface area contributed by atoms with Gasteiger partial charge >= 0.3 is 65.3 Å². The summed E-state index contributed by atoms with van der Waals surface area (Å²) < 4.78 is 0. The number of unbranched alkanes of at least 4 members (excludes halogenated alkanes) is 24. The summed E-state index contributed by atoms with van der Waals surface area (Å²) in [5.41, 5.74) is 0. The van der Waals surface area contributed by atoms with E-state index in [1.807, 2.05) is 0 Å². The van der Waals surface area contributed by atoms with Gasteiger partial charge in [0.05, 0.1) is 0 Å². The standard InChI is InChI=1S/3C8H17.3C6H13.5C4H9.4Al.H/c3*1-3-5-7-8-6-4-2;3*1-3-5-6-4-2;5*1-4(2)3;;;;;/h3*1,3-8H2,2H3;3*1,3-6H2,2H3;5*4H,1H2,2-3H3;;;;;/q;;;;;;;;;;;;;;+1;-1. The van der Waals surface area contributed by atoms with E-state index in [9.17, 15) is 0 Å². The largest absolute Gasteiger partial charge is 1.00 e. The van der Waals surface area contributed by atoms with Crippen molar-refractivity contribution in [2.24, 2.45) is 29.6 Å². The van der Waals surface area contributed by atoms with Crippen molar-refractivity contribution < 1.29 is 1.43 Å². The Bertz CT molecular complexity index is 749. The van der Waals surface area contributed by atoms with E-state index >= 15 is 0 Å². The van der Waals surface area contributed by atoms with Gasteiger partial charge in [0.25, 0.3) is 42.4 Å². The van der Waals surface area contributed by atoms with Gasteiger partial charge in [-0.2, -0.15) is 0 Å². The van der Waals surface area contributed by atoms with Crippen LogP contribution in [0.1, 0.15) is 305 Å². The zero-order chi connectivity index (χ0) is 50.3. The molecule has 66 heavy (non-hydrogen) atoms. The second-order valence-electron chi connectivity index (χ2n) is 24.3. The molecule has 0 saturated carbocycles. The second-order valence-corrected chi connectivity index (χ2v) is 35.8. The van der Waals surface area contributed by atoms with Gasteiger partial charge in [-0.1, -0.05) is 341 Å². The normalized spacial score (nSPS) is 11.1. The Morgan fingerprint density at radius 2 is 0.439 bits per heavy atom. The van der Waals surface area contributed by atoms with Gasteiger partial charge in [-0.3, -0.25) is 0 Å². The predicted octanol–water partition coefficient (Wildman–Crippen LogP) is 24.2. The fourth-order valence-electron chi connectivity index (χ4n) is 10.1. The molecule has 0 aliphatic heterocycles. The first kappa shape index (κ1) is 74.7. The van der Waals surface area contributed by atoms with Crippen LogP contribution in [-0.2, 0) is 0 Å². The Hall–Kier alpha value is 2.13. The van der Waals surface area contributed by atoms with Gasteiger partial charge in [-0.05, 0) is 0 Å². The maximum Gasteiger partial charge on any atom is 0.262 e. The van der Waals surface area contributed by atoms with Gasteiger partial charge in [-0.25, -0.2) is 0 Å². The molecule has 0 aromatic rings. The van der Waals surface area contributed by atoms with Crippen LogP contribution in [0.4, 0.5) is 0 Å². The molecule has 0 unspecified atom stereocenters. The molecule has 0 spiro atoms. The molecule has 0 saturated heterocycles. The van der Waals surface area contributed by atoms with Crippen LogP contribution in [0.3, 0.4) is 0 Å². The summed E-state index contributed by atoms with van der Waals surface area (Å²) in [4.78, 5) is 0. The first-order valence-electron chi connectivity index (χ1n) is 31.5. The Kier molecular flexibility index (Phi) is 71.5. The van der Waals surface area contributed by atoms with Gasteiger partial charge in [0, 0.05) is 0 Å². The monoisotopic (exact) mass is 989 g/mol. The second kappa shape index (κ2) is 63.2. The van der Waals surface area contributed by atoms with Crippen molar-refractivity contribution in [3.63, 3.8) is 0 Å². The molecule has 0 aliphatic carbocycles. The van der Waals surface area contributed by atoms with Crippen LogP contribution in [0.25, 0.3) is 0 Å². The maximum absolute atomic E-state index is 2.41. The van der Waals surface area contributed by atoms with Gasteiger partial charge in [0.15, 0.2) is 0 Å². The van der Waals surface area contributed by atoms with E-state index in [1.54, 1.807) is 66.8 Å². The molecule has 0 N–H and O–H groups in total. The summed E-state index contributed by atoms with van der Waals surface area (Å²) in [7, 11) is 0. The van der Waals surface area contributed by atoms with Gasteiger partial charge in [0.1, 0.15) is 0 Å². The molecule has 0 aromatic carbocycles. The van der Waals surface area contributed by atoms with Crippen molar-refractivity contribution >= 4 is 57.7 Å². The van der Waals surface area contributed by atoms with Crippen LogP contribution in [-0.4, -0.2) is 57.7 Å². The third kappa shape index (κ3) is 72.7. The van der Waals surface area contributed by atoms with Crippen molar-refractivity contribution in [2.75, 3.05) is 0 Å². The first-order chi connectivity index (χ1) is 31.7. The molecule has 0 aromatic heterocycles. The topological polar surface area (TPSA) is 0 Å². The molecular formula is C62H136Al4. The Morgan fingerprint density at radius 1 is 0.242 bits per heavy atom. The Morgan fingerprint density at radius 3 is 0.682 bits per heavy atom. The smallest absolute Gasteiger partial charge is 0.262 e. The summed E-state index contributed by atoms with van der Waals surface area (Å²) in [5, 5.41) is 17.6. The fraction of sp³-hybridized carbons (Fsp3) is 1.00. The SMILES string of the molecule is CC(C)[CH2][Al+][CH2]C(C)C.CCCCCCC[CH2][Al]([CH2]CCCCCCC)[CH2]CCCCCCC.CCCCC[CH2][Al]([CH2]C(C)C)[CH2]C(C)C.CCCCC[CH2][Al]([CH2]CCCCC)[CH2]C(C)C.[H-]. The Balaban J connectivity index is -0.000000268. The Labute approximate surface area is 446 Å². The van der Waals surface area contributed by atoms with E-state index in [0.717, 1.165) is 44.8 Å². The van der Waals surface area contributed by atoms with Gasteiger partial charge in [0.2, 0.25) is 0 Å². The number of hydrogen-bond donors (Lipinski definition) is 0. The first-order valence-corrected chi connectivity index (χ1v) is 40.5. The molecule has 0 amide bonds. The van der Waals surface area contributed by atoms with Crippen molar-refractivity contribution in [1.82, 2.24) is 0 Å². The molecule has 396 valence electrons. The third-order valence-electron chi connectivity index (χ3n) is 14.0. The summed E-state index contributed by atoms with van der Waals surface area (Å²) in [6.07, 6.45) is 44.3. The zero-order valence-electron chi connectivity index (χ0n) is 51.2. The predicted molar refractivity (Wildman–Crippen MR) is 324 cm³/mol. The molecule has 0 nitrogen and oxygen atoms in total.